The molecule has 3 aromatic rings. The molecule has 0 aliphatic rings. The van der Waals surface area contributed by atoms with E-state index in [1.54, 1.807) is 12.1 Å². The van der Waals surface area contributed by atoms with Crippen LogP contribution >= 0.6 is 7.37 Å². The molecule has 0 aliphatic heterocycles. The van der Waals surface area contributed by atoms with Crippen molar-refractivity contribution in [2.24, 2.45) is 11.8 Å². The van der Waals surface area contributed by atoms with E-state index in [4.69, 9.17) is 0 Å². The van der Waals surface area contributed by atoms with Gasteiger partial charge in [0.25, 0.3) is 0 Å². The van der Waals surface area contributed by atoms with Crippen LogP contribution in [0.4, 0.5) is 5.69 Å². The Labute approximate surface area is 232 Å². The van der Waals surface area contributed by atoms with Gasteiger partial charge in [-0.3, -0.25) is 14.3 Å². The fraction of sp³-hybridized carbons (Fsp3) is 0.375. The fourth-order valence-corrected chi connectivity index (χ4v) is 6.78. The number of carboxylic acid groups (broad SMARTS) is 1. The van der Waals surface area contributed by atoms with E-state index in [1.807, 2.05) is 86.6 Å². The average molecular weight is 550 g/mol. The van der Waals surface area contributed by atoms with Crippen molar-refractivity contribution in [2.45, 2.75) is 52.5 Å². The lowest BCUT2D eigenvalue weighted by atomic mass is 9.96. The van der Waals surface area contributed by atoms with Gasteiger partial charge in [-0.25, -0.2) is 4.79 Å². The summed E-state index contributed by atoms with van der Waals surface area (Å²) in [4.78, 5) is 38.1. The van der Waals surface area contributed by atoms with Gasteiger partial charge in [-0.05, 0) is 67.3 Å². The van der Waals surface area contributed by atoms with Crippen LogP contribution in [0.1, 0.15) is 45.6 Å². The van der Waals surface area contributed by atoms with E-state index in [2.05, 4.69) is 0 Å². The lowest BCUT2D eigenvalue weighted by molar-refractivity contribution is -0.140. The SMILES string of the molecule is CC(C)CC(CP(=O)(O)CCCCc1ccccc1)C(=O)N(c1ccc(-c2ccccc2)cc1)[C@@H](C)C(=O)O. The molecule has 0 saturated carbocycles. The summed E-state index contributed by atoms with van der Waals surface area (Å²) in [5.74, 6) is -2.22. The highest BCUT2D eigenvalue weighted by atomic mass is 31.2. The third-order valence-electron chi connectivity index (χ3n) is 6.91. The molecule has 3 aromatic carbocycles. The number of carboxylic acids is 1. The molecule has 2 unspecified atom stereocenters. The zero-order chi connectivity index (χ0) is 28.4. The van der Waals surface area contributed by atoms with Crippen molar-refractivity contribution in [2.75, 3.05) is 17.2 Å². The van der Waals surface area contributed by atoms with Crippen molar-refractivity contribution in [3.05, 3.63) is 90.5 Å². The Kier molecular flexibility index (Phi) is 11.1. The monoisotopic (exact) mass is 549 g/mol. The maximum atomic E-state index is 13.9. The number of anilines is 1. The third-order valence-corrected chi connectivity index (χ3v) is 8.94. The van der Waals surface area contributed by atoms with E-state index in [0.717, 1.165) is 24.0 Å². The summed E-state index contributed by atoms with van der Waals surface area (Å²) < 4.78 is 13.3. The Hall–Kier alpha value is -3.21. The molecule has 0 aromatic heterocycles. The number of rotatable bonds is 14. The fourth-order valence-electron chi connectivity index (χ4n) is 4.88. The van der Waals surface area contributed by atoms with E-state index >= 15 is 0 Å². The molecule has 0 bridgehead atoms. The van der Waals surface area contributed by atoms with Crippen molar-refractivity contribution in [1.29, 1.82) is 0 Å². The molecule has 3 atom stereocenters. The topological polar surface area (TPSA) is 94.9 Å². The third kappa shape index (κ3) is 9.19. The number of unbranched alkanes of at least 4 members (excludes halogenated alkanes) is 1. The molecule has 0 fully saturated rings. The first-order chi connectivity index (χ1) is 18.6. The standard InChI is InChI=1S/C32H40NO5P/c1-24(2)22-29(23-39(37,38)21-11-10-14-26-12-6-4-7-13-26)31(34)33(25(3)32(35)36)30-19-17-28(18-20-30)27-15-8-5-9-16-27/h4-9,12-13,15-20,24-25,29H,10-11,14,21-23H2,1-3H3,(H,35,36)(H,37,38)/t25-,29?/m0/s1. The molecule has 0 heterocycles. The minimum atomic E-state index is -3.61. The molecule has 0 saturated heterocycles. The van der Waals surface area contributed by atoms with Crippen LogP contribution in [0.3, 0.4) is 0 Å². The highest BCUT2D eigenvalue weighted by molar-refractivity contribution is 7.58. The first kappa shape index (κ1) is 30.3. The molecule has 6 nitrogen and oxygen atoms in total. The zero-order valence-electron chi connectivity index (χ0n) is 23.1. The summed E-state index contributed by atoms with van der Waals surface area (Å²) in [6, 6.07) is 25.9. The average Bonchev–Trinajstić information content (AvgIpc) is 2.92. The second-order valence-electron chi connectivity index (χ2n) is 10.7. The van der Waals surface area contributed by atoms with Crippen LogP contribution in [0.25, 0.3) is 11.1 Å². The minimum Gasteiger partial charge on any atom is -0.480 e. The van der Waals surface area contributed by atoms with Crippen molar-refractivity contribution in [3.63, 3.8) is 0 Å². The summed E-state index contributed by atoms with van der Waals surface area (Å²) in [5.41, 5.74) is 3.61. The van der Waals surface area contributed by atoms with E-state index in [1.165, 1.54) is 17.4 Å². The number of carbonyl (C=O) groups excluding carboxylic acids is 1. The maximum Gasteiger partial charge on any atom is 0.326 e. The number of aliphatic carboxylic acids is 1. The summed E-state index contributed by atoms with van der Waals surface area (Å²) in [7, 11) is -3.61. The number of hydrogen-bond acceptors (Lipinski definition) is 3. The predicted molar refractivity (Wildman–Crippen MR) is 158 cm³/mol. The molecular formula is C32H40NO5P. The van der Waals surface area contributed by atoms with Gasteiger partial charge in [0.15, 0.2) is 0 Å². The van der Waals surface area contributed by atoms with Crippen LogP contribution in [0.15, 0.2) is 84.9 Å². The molecule has 208 valence electrons. The van der Waals surface area contributed by atoms with Crippen LogP contribution in [0.5, 0.6) is 0 Å². The van der Waals surface area contributed by atoms with Gasteiger partial charge in [-0.15, -0.1) is 0 Å². The van der Waals surface area contributed by atoms with Crippen LogP contribution in [0, 0.1) is 11.8 Å². The Balaban J connectivity index is 1.77. The molecule has 1 amide bonds. The molecule has 39 heavy (non-hydrogen) atoms. The Morgan fingerprint density at radius 3 is 1.95 bits per heavy atom. The molecule has 0 radical (unpaired) electrons. The van der Waals surface area contributed by atoms with Gasteiger partial charge in [-0.1, -0.05) is 86.6 Å². The van der Waals surface area contributed by atoms with Crippen molar-refractivity contribution in [1.82, 2.24) is 0 Å². The van der Waals surface area contributed by atoms with Gasteiger partial charge in [-0.2, -0.15) is 0 Å². The Morgan fingerprint density at radius 1 is 0.821 bits per heavy atom. The summed E-state index contributed by atoms with van der Waals surface area (Å²) in [6.45, 7) is 5.39. The van der Waals surface area contributed by atoms with Crippen LogP contribution in [-0.4, -0.2) is 40.2 Å². The Morgan fingerprint density at radius 2 is 1.38 bits per heavy atom. The van der Waals surface area contributed by atoms with E-state index in [-0.39, 0.29) is 18.2 Å². The second kappa shape index (κ2) is 14.3. The Bertz CT molecular complexity index is 1240. The highest BCUT2D eigenvalue weighted by Gasteiger charge is 2.36. The van der Waals surface area contributed by atoms with Gasteiger partial charge < -0.3 is 10.00 Å². The molecular weight excluding hydrogens is 509 g/mol. The molecule has 0 spiro atoms. The van der Waals surface area contributed by atoms with Crippen LogP contribution in [0.2, 0.25) is 0 Å². The van der Waals surface area contributed by atoms with Gasteiger partial charge in [0.05, 0.1) is 0 Å². The number of hydrogen-bond donors (Lipinski definition) is 2. The first-order valence-corrected chi connectivity index (χ1v) is 15.7. The van der Waals surface area contributed by atoms with Crippen molar-refractivity contribution >= 4 is 24.9 Å². The van der Waals surface area contributed by atoms with E-state index < -0.39 is 31.2 Å². The normalized spacial score (nSPS) is 14.4. The molecule has 0 aliphatic carbocycles. The molecule has 3 rings (SSSR count). The smallest absolute Gasteiger partial charge is 0.326 e. The predicted octanol–water partition coefficient (Wildman–Crippen LogP) is 7.12. The lowest BCUT2D eigenvalue weighted by Gasteiger charge is -2.32. The summed E-state index contributed by atoms with van der Waals surface area (Å²) >= 11 is 0. The quantitative estimate of drug-likeness (QED) is 0.165. The van der Waals surface area contributed by atoms with Gasteiger partial charge >= 0.3 is 5.97 Å². The van der Waals surface area contributed by atoms with E-state index in [0.29, 0.717) is 18.5 Å². The van der Waals surface area contributed by atoms with Gasteiger partial charge in [0.2, 0.25) is 13.3 Å². The minimum absolute atomic E-state index is 0.0967. The van der Waals surface area contributed by atoms with Crippen LogP contribution in [-0.2, 0) is 20.6 Å². The summed E-state index contributed by atoms with van der Waals surface area (Å²) in [6.07, 6.45) is 2.59. The number of carbonyl (C=O) groups is 2. The first-order valence-electron chi connectivity index (χ1n) is 13.6. The molecule has 7 heteroatoms. The molecule has 2 N–H and O–H groups in total. The number of aryl methyl sites for hydroxylation is 1. The summed E-state index contributed by atoms with van der Waals surface area (Å²) in [5, 5.41) is 9.83. The lowest BCUT2D eigenvalue weighted by Crippen LogP contribution is -2.47. The number of amides is 1. The van der Waals surface area contributed by atoms with Crippen molar-refractivity contribution < 1.29 is 24.2 Å². The highest BCUT2D eigenvalue weighted by Crippen LogP contribution is 2.45. The second-order valence-corrected chi connectivity index (χ2v) is 13.2. The van der Waals surface area contributed by atoms with E-state index in [9.17, 15) is 24.2 Å². The van der Waals surface area contributed by atoms with Crippen LogP contribution < -0.4 is 4.90 Å². The largest absolute Gasteiger partial charge is 0.480 e. The number of nitrogens with zero attached hydrogens (tertiary/aromatic N) is 1. The number of benzene rings is 3. The maximum absolute atomic E-state index is 13.9. The zero-order valence-corrected chi connectivity index (χ0v) is 24.0. The van der Waals surface area contributed by atoms with Gasteiger partial charge in [0, 0.05) is 23.9 Å². The van der Waals surface area contributed by atoms with Crippen molar-refractivity contribution in [3.8, 4) is 11.1 Å². The van der Waals surface area contributed by atoms with Gasteiger partial charge in [0.1, 0.15) is 6.04 Å².